The van der Waals surface area contributed by atoms with Crippen molar-refractivity contribution in [1.29, 1.82) is 0 Å². The molecule has 0 spiro atoms. The van der Waals surface area contributed by atoms with Gasteiger partial charge in [0.25, 0.3) is 0 Å². The third-order valence-corrected chi connectivity index (χ3v) is 4.67. The van der Waals surface area contributed by atoms with Gasteiger partial charge < -0.3 is 14.6 Å². The maximum Gasteiger partial charge on any atom is 0.352 e. The predicted molar refractivity (Wildman–Crippen MR) is 68.7 cm³/mol. The van der Waals surface area contributed by atoms with Crippen molar-refractivity contribution in [3.63, 3.8) is 0 Å². The molecule has 0 aromatic carbocycles. The molecule has 1 fully saturated rings. The van der Waals surface area contributed by atoms with E-state index in [1.807, 2.05) is 0 Å². The van der Waals surface area contributed by atoms with Crippen LogP contribution in [-0.4, -0.2) is 54.5 Å². The van der Waals surface area contributed by atoms with Gasteiger partial charge in [-0.3, -0.25) is 4.79 Å². The Morgan fingerprint density at radius 2 is 2.10 bits per heavy atom. The molecule has 20 heavy (non-hydrogen) atoms. The van der Waals surface area contributed by atoms with E-state index in [0.717, 1.165) is 6.07 Å². The van der Waals surface area contributed by atoms with Crippen LogP contribution < -0.4 is 4.72 Å². The standard InChI is InChI=1S/C11H15N3O5S/c1-13-4-3-8(10(13)15)12-20(18,19)7-5-9(11(16)17)14(2)6-7/h5-6,8,12H,3-4H2,1-2H3,(H,16,17). The molecule has 110 valence electrons. The molecule has 1 amide bonds. The van der Waals surface area contributed by atoms with Gasteiger partial charge in [0, 0.05) is 26.8 Å². The average molecular weight is 301 g/mol. The Bertz CT molecular complexity index is 664. The Morgan fingerprint density at radius 1 is 1.45 bits per heavy atom. The number of nitrogens with one attached hydrogen (secondary N) is 1. The maximum atomic E-state index is 12.1. The van der Waals surface area contributed by atoms with Gasteiger partial charge in [0.15, 0.2) is 0 Å². The molecule has 1 atom stereocenters. The lowest BCUT2D eigenvalue weighted by Gasteiger charge is -2.11. The average Bonchev–Trinajstić information content (AvgIpc) is 2.87. The maximum absolute atomic E-state index is 12.1. The lowest BCUT2D eigenvalue weighted by molar-refractivity contribution is -0.127. The summed E-state index contributed by atoms with van der Waals surface area (Å²) in [5.74, 6) is -1.51. The van der Waals surface area contributed by atoms with Crippen molar-refractivity contribution >= 4 is 21.9 Å². The number of carboxylic acid groups (broad SMARTS) is 1. The van der Waals surface area contributed by atoms with Crippen molar-refractivity contribution in [3.05, 3.63) is 18.0 Å². The minimum atomic E-state index is -3.92. The molecule has 0 bridgehead atoms. The van der Waals surface area contributed by atoms with Gasteiger partial charge in [-0.05, 0) is 12.5 Å². The van der Waals surface area contributed by atoms with Crippen LogP contribution in [0, 0.1) is 0 Å². The first-order valence-corrected chi connectivity index (χ1v) is 7.37. The van der Waals surface area contributed by atoms with E-state index in [4.69, 9.17) is 5.11 Å². The minimum absolute atomic E-state index is 0.139. The first kappa shape index (κ1) is 14.5. The number of nitrogens with zero attached hydrogens (tertiary/aromatic N) is 2. The van der Waals surface area contributed by atoms with Crippen LogP contribution in [0.4, 0.5) is 0 Å². The Morgan fingerprint density at radius 3 is 2.55 bits per heavy atom. The molecule has 1 aliphatic rings. The number of carbonyl (C=O) groups is 2. The quantitative estimate of drug-likeness (QED) is 0.759. The van der Waals surface area contributed by atoms with Crippen molar-refractivity contribution in [2.24, 2.45) is 7.05 Å². The summed E-state index contributed by atoms with van der Waals surface area (Å²) in [6, 6.07) is 0.270. The molecule has 0 radical (unpaired) electrons. The second-order valence-electron chi connectivity index (χ2n) is 4.70. The summed E-state index contributed by atoms with van der Waals surface area (Å²) in [4.78, 5) is 23.9. The third-order valence-electron chi connectivity index (χ3n) is 3.23. The van der Waals surface area contributed by atoms with E-state index >= 15 is 0 Å². The monoisotopic (exact) mass is 301 g/mol. The molecule has 2 heterocycles. The summed E-state index contributed by atoms with van der Waals surface area (Å²) in [5.41, 5.74) is -0.139. The van der Waals surface area contributed by atoms with Gasteiger partial charge in [-0.15, -0.1) is 0 Å². The number of rotatable bonds is 4. The largest absolute Gasteiger partial charge is 0.477 e. The summed E-state index contributed by atoms with van der Waals surface area (Å²) in [5, 5.41) is 8.91. The summed E-state index contributed by atoms with van der Waals surface area (Å²) in [7, 11) is -0.877. The highest BCUT2D eigenvalue weighted by Gasteiger charge is 2.33. The zero-order chi connectivity index (χ0) is 15.1. The zero-order valence-electron chi connectivity index (χ0n) is 11.0. The van der Waals surface area contributed by atoms with Crippen molar-refractivity contribution in [3.8, 4) is 0 Å². The summed E-state index contributed by atoms with van der Waals surface area (Å²) in [6.07, 6.45) is 1.60. The van der Waals surface area contributed by atoms with Crippen LogP contribution in [0.5, 0.6) is 0 Å². The Balaban J connectivity index is 2.25. The van der Waals surface area contributed by atoms with E-state index in [1.165, 1.54) is 22.7 Å². The topological polar surface area (TPSA) is 109 Å². The highest BCUT2D eigenvalue weighted by molar-refractivity contribution is 7.89. The van der Waals surface area contributed by atoms with Gasteiger partial charge in [-0.1, -0.05) is 0 Å². The van der Waals surface area contributed by atoms with Crippen LogP contribution in [0.3, 0.4) is 0 Å². The number of carbonyl (C=O) groups excluding carboxylic acids is 1. The van der Waals surface area contributed by atoms with E-state index in [2.05, 4.69) is 4.72 Å². The van der Waals surface area contributed by atoms with Crippen LogP contribution in [0.15, 0.2) is 17.2 Å². The van der Waals surface area contributed by atoms with Gasteiger partial charge in [0.2, 0.25) is 15.9 Å². The number of aryl methyl sites for hydroxylation is 1. The molecule has 1 unspecified atom stereocenters. The van der Waals surface area contributed by atoms with Crippen LogP contribution in [0.2, 0.25) is 0 Å². The Labute approximate surface area is 116 Å². The molecule has 9 heteroatoms. The van der Waals surface area contributed by atoms with E-state index < -0.39 is 22.0 Å². The first-order valence-electron chi connectivity index (χ1n) is 5.89. The number of aromatic carboxylic acids is 1. The number of aromatic nitrogens is 1. The number of hydrogen-bond donors (Lipinski definition) is 2. The van der Waals surface area contributed by atoms with Crippen molar-refractivity contribution < 1.29 is 23.1 Å². The third kappa shape index (κ3) is 2.54. The molecule has 8 nitrogen and oxygen atoms in total. The molecule has 2 N–H and O–H groups in total. The molecule has 1 aromatic heterocycles. The number of hydrogen-bond acceptors (Lipinski definition) is 4. The van der Waals surface area contributed by atoms with Crippen molar-refractivity contribution in [2.75, 3.05) is 13.6 Å². The Hall–Kier alpha value is -1.87. The number of likely N-dealkylation sites (tertiary alicyclic amines) is 1. The predicted octanol–water partition coefficient (Wildman–Crippen LogP) is -0.768. The van der Waals surface area contributed by atoms with Gasteiger partial charge in [0.05, 0.1) is 0 Å². The Kier molecular flexibility index (Phi) is 3.57. The molecule has 0 aliphatic carbocycles. The van der Waals surface area contributed by atoms with Crippen LogP contribution in [-0.2, 0) is 21.9 Å². The molecule has 1 aromatic rings. The second kappa shape index (κ2) is 4.91. The molecular weight excluding hydrogens is 286 g/mol. The first-order chi connectivity index (χ1) is 9.22. The highest BCUT2D eigenvalue weighted by Crippen LogP contribution is 2.16. The molecule has 1 aliphatic heterocycles. The minimum Gasteiger partial charge on any atom is -0.477 e. The summed E-state index contributed by atoms with van der Waals surface area (Å²) < 4.78 is 27.8. The van der Waals surface area contributed by atoms with Crippen LogP contribution in [0.25, 0.3) is 0 Å². The van der Waals surface area contributed by atoms with Gasteiger partial charge >= 0.3 is 5.97 Å². The highest BCUT2D eigenvalue weighted by atomic mass is 32.2. The second-order valence-corrected chi connectivity index (χ2v) is 6.41. The fraction of sp³-hybridized carbons (Fsp3) is 0.455. The lowest BCUT2D eigenvalue weighted by atomic mass is 10.3. The van der Waals surface area contributed by atoms with Crippen LogP contribution >= 0.6 is 0 Å². The van der Waals surface area contributed by atoms with E-state index in [1.54, 1.807) is 7.05 Å². The smallest absolute Gasteiger partial charge is 0.352 e. The zero-order valence-corrected chi connectivity index (χ0v) is 11.8. The summed E-state index contributed by atoms with van der Waals surface area (Å²) in [6.45, 7) is 0.487. The molecule has 2 rings (SSSR count). The fourth-order valence-electron chi connectivity index (χ4n) is 2.08. The van der Waals surface area contributed by atoms with Crippen LogP contribution in [0.1, 0.15) is 16.9 Å². The van der Waals surface area contributed by atoms with E-state index in [-0.39, 0.29) is 16.5 Å². The number of carboxylic acids is 1. The van der Waals surface area contributed by atoms with Gasteiger partial charge in [0.1, 0.15) is 16.6 Å². The number of sulfonamides is 1. The fourth-order valence-corrected chi connectivity index (χ4v) is 3.37. The molecule has 0 saturated carbocycles. The van der Waals surface area contributed by atoms with Crippen molar-refractivity contribution in [1.82, 2.24) is 14.2 Å². The number of likely N-dealkylation sites (N-methyl/N-ethyl adjacent to an activating group) is 1. The normalized spacial score (nSPS) is 19.6. The number of amides is 1. The van der Waals surface area contributed by atoms with Gasteiger partial charge in [-0.2, -0.15) is 4.72 Å². The summed E-state index contributed by atoms with van der Waals surface area (Å²) >= 11 is 0. The van der Waals surface area contributed by atoms with E-state index in [9.17, 15) is 18.0 Å². The lowest BCUT2D eigenvalue weighted by Crippen LogP contribution is -2.40. The molecule has 1 saturated heterocycles. The van der Waals surface area contributed by atoms with E-state index in [0.29, 0.717) is 13.0 Å². The van der Waals surface area contributed by atoms with Crippen molar-refractivity contribution in [2.45, 2.75) is 17.4 Å². The molecular formula is C11H15N3O5S. The SMILES string of the molecule is CN1CCC(NS(=O)(=O)c2cc(C(=O)O)n(C)c2)C1=O. The van der Waals surface area contributed by atoms with Gasteiger partial charge in [-0.25, -0.2) is 13.2 Å².